The molecule has 1 fully saturated rings. The van der Waals surface area contributed by atoms with Crippen LogP contribution in [0.2, 0.25) is 0 Å². The molecule has 0 aromatic heterocycles. The quantitative estimate of drug-likeness (QED) is 0.403. The minimum absolute atomic E-state index is 0.0290. The number of aryl methyl sites for hydroxylation is 2. The standard InChI is InChI=1S/C28H28N2O4/c1-4-20(28(33)34)14-19-9-10-24(26(31)15-19)29-16-23-22-7-5-6-8-25(22)30(27(23)32)21-12-17(2)11-18(3)13-21/h5-16,22,25,29,31H,4H2,1-3H3,(H,33,34)/b20-14+,23-16-. The maximum Gasteiger partial charge on any atom is 0.331 e. The lowest BCUT2D eigenvalue weighted by Gasteiger charge is -2.26. The molecular formula is C28H28N2O4. The molecular weight excluding hydrogens is 428 g/mol. The SMILES string of the molecule is CC/C(=C\c1ccc(N/C=C2\C(=O)N(c3cc(C)cc(C)c3)C3C=CC=CC23)c(O)c1)C(=O)O. The topological polar surface area (TPSA) is 89.9 Å². The van der Waals surface area contributed by atoms with Crippen molar-refractivity contribution in [1.29, 1.82) is 0 Å². The van der Waals surface area contributed by atoms with E-state index >= 15 is 0 Å². The van der Waals surface area contributed by atoms with Crippen LogP contribution in [0.1, 0.15) is 30.0 Å². The van der Waals surface area contributed by atoms with Crippen LogP contribution >= 0.6 is 0 Å². The Morgan fingerprint density at radius 1 is 1.09 bits per heavy atom. The average molecular weight is 457 g/mol. The Hall–Kier alpha value is -4.06. The maximum atomic E-state index is 13.5. The number of benzene rings is 2. The molecule has 174 valence electrons. The number of amides is 1. The highest BCUT2D eigenvalue weighted by molar-refractivity contribution is 6.10. The van der Waals surface area contributed by atoms with Gasteiger partial charge in [0.05, 0.1) is 11.7 Å². The van der Waals surface area contributed by atoms with Gasteiger partial charge in [0.15, 0.2) is 0 Å². The zero-order valence-corrected chi connectivity index (χ0v) is 19.4. The van der Waals surface area contributed by atoms with Crippen LogP contribution in [0, 0.1) is 19.8 Å². The first-order valence-electron chi connectivity index (χ1n) is 11.3. The molecule has 2 unspecified atom stereocenters. The number of nitrogens with zero attached hydrogens (tertiary/aromatic N) is 1. The van der Waals surface area contributed by atoms with Crippen molar-refractivity contribution in [3.8, 4) is 5.75 Å². The third-order valence-corrected chi connectivity index (χ3v) is 6.11. The number of anilines is 2. The fourth-order valence-electron chi connectivity index (χ4n) is 4.52. The third-order valence-electron chi connectivity index (χ3n) is 6.11. The van der Waals surface area contributed by atoms with Gasteiger partial charge in [-0.2, -0.15) is 0 Å². The Kier molecular flexibility index (Phi) is 6.41. The highest BCUT2D eigenvalue weighted by Crippen LogP contribution is 2.39. The molecule has 6 heteroatoms. The number of carbonyl (C=O) groups excluding carboxylic acids is 1. The third kappa shape index (κ3) is 4.53. The fourth-order valence-corrected chi connectivity index (χ4v) is 4.52. The molecule has 2 atom stereocenters. The summed E-state index contributed by atoms with van der Waals surface area (Å²) < 4.78 is 0. The van der Waals surface area contributed by atoms with Crippen molar-refractivity contribution in [3.05, 3.63) is 94.7 Å². The Morgan fingerprint density at radius 2 is 1.79 bits per heavy atom. The summed E-state index contributed by atoms with van der Waals surface area (Å²) in [4.78, 5) is 26.6. The van der Waals surface area contributed by atoms with Crippen molar-refractivity contribution in [2.45, 2.75) is 33.2 Å². The van der Waals surface area contributed by atoms with Gasteiger partial charge in [-0.05, 0) is 67.3 Å². The van der Waals surface area contributed by atoms with Crippen LogP contribution in [0.4, 0.5) is 11.4 Å². The summed E-state index contributed by atoms with van der Waals surface area (Å²) in [5.74, 6) is -1.21. The zero-order valence-electron chi connectivity index (χ0n) is 19.4. The summed E-state index contributed by atoms with van der Waals surface area (Å²) in [6.07, 6.45) is 11.5. The predicted molar refractivity (Wildman–Crippen MR) is 135 cm³/mol. The van der Waals surface area contributed by atoms with Crippen molar-refractivity contribution < 1.29 is 19.8 Å². The van der Waals surface area contributed by atoms with Crippen molar-refractivity contribution in [3.63, 3.8) is 0 Å². The number of carbonyl (C=O) groups is 2. The lowest BCUT2D eigenvalue weighted by atomic mass is 9.92. The molecule has 34 heavy (non-hydrogen) atoms. The Balaban J connectivity index is 1.63. The molecule has 4 rings (SSSR count). The van der Waals surface area contributed by atoms with E-state index in [1.54, 1.807) is 25.3 Å². The summed E-state index contributed by atoms with van der Waals surface area (Å²) in [5, 5.41) is 22.8. The van der Waals surface area contributed by atoms with Gasteiger partial charge in [0.1, 0.15) is 5.75 Å². The molecule has 2 aliphatic rings. The first kappa shape index (κ1) is 23.1. The van der Waals surface area contributed by atoms with Gasteiger partial charge < -0.3 is 20.4 Å². The van der Waals surface area contributed by atoms with E-state index in [2.05, 4.69) is 11.4 Å². The van der Waals surface area contributed by atoms with Gasteiger partial charge >= 0.3 is 5.97 Å². The summed E-state index contributed by atoms with van der Waals surface area (Å²) in [7, 11) is 0. The molecule has 3 N–H and O–H groups in total. The van der Waals surface area contributed by atoms with Crippen molar-refractivity contribution >= 4 is 29.3 Å². The normalized spacial score (nSPS) is 20.7. The molecule has 1 heterocycles. The van der Waals surface area contributed by atoms with Gasteiger partial charge in [-0.3, -0.25) is 4.79 Å². The van der Waals surface area contributed by atoms with Crippen LogP contribution in [0.5, 0.6) is 5.75 Å². The van der Waals surface area contributed by atoms with Crippen molar-refractivity contribution in [2.24, 2.45) is 5.92 Å². The molecule has 0 spiro atoms. The number of hydrogen-bond donors (Lipinski definition) is 3. The number of allylic oxidation sites excluding steroid dienone is 2. The fraction of sp³-hybridized carbons (Fsp3) is 0.214. The van der Waals surface area contributed by atoms with E-state index in [9.17, 15) is 19.8 Å². The second-order valence-corrected chi connectivity index (χ2v) is 8.66. The number of aromatic hydroxyl groups is 1. The number of rotatable bonds is 6. The van der Waals surface area contributed by atoms with Gasteiger partial charge in [0.2, 0.25) is 0 Å². The molecule has 1 aliphatic carbocycles. The number of carboxylic acid groups (broad SMARTS) is 1. The highest BCUT2D eigenvalue weighted by atomic mass is 16.4. The Labute approximate surface area is 199 Å². The highest BCUT2D eigenvalue weighted by Gasteiger charge is 2.43. The van der Waals surface area contributed by atoms with Crippen LogP contribution in [0.3, 0.4) is 0 Å². The van der Waals surface area contributed by atoms with E-state index < -0.39 is 5.97 Å². The molecule has 1 aliphatic heterocycles. The number of carboxylic acids is 1. The van der Waals surface area contributed by atoms with Gasteiger partial charge in [0.25, 0.3) is 5.91 Å². The number of nitrogens with one attached hydrogen (secondary N) is 1. The number of aliphatic carboxylic acids is 1. The molecule has 2 aromatic rings. The van der Waals surface area contributed by atoms with E-state index in [4.69, 9.17) is 0 Å². The van der Waals surface area contributed by atoms with Gasteiger partial charge in [-0.25, -0.2) is 4.79 Å². The van der Waals surface area contributed by atoms with Crippen molar-refractivity contribution in [2.75, 3.05) is 10.2 Å². The maximum absolute atomic E-state index is 13.5. The Bertz CT molecular complexity index is 1250. The minimum Gasteiger partial charge on any atom is -0.506 e. The summed E-state index contributed by atoms with van der Waals surface area (Å²) in [5.41, 5.74) is 4.94. The van der Waals surface area contributed by atoms with E-state index in [0.29, 0.717) is 23.2 Å². The predicted octanol–water partition coefficient (Wildman–Crippen LogP) is 5.34. The van der Waals surface area contributed by atoms with Crippen LogP contribution in [0.15, 0.2) is 78.0 Å². The van der Waals surface area contributed by atoms with Crippen LogP contribution in [-0.2, 0) is 9.59 Å². The van der Waals surface area contributed by atoms with Crippen LogP contribution in [-0.4, -0.2) is 28.1 Å². The van der Waals surface area contributed by atoms with E-state index in [1.165, 1.54) is 12.1 Å². The largest absolute Gasteiger partial charge is 0.506 e. The molecule has 1 saturated heterocycles. The number of hydrogen-bond acceptors (Lipinski definition) is 4. The average Bonchev–Trinajstić information content (AvgIpc) is 3.07. The molecule has 6 nitrogen and oxygen atoms in total. The first-order chi connectivity index (χ1) is 16.3. The summed E-state index contributed by atoms with van der Waals surface area (Å²) in [6, 6.07) is 10.9. The molecule has 1 amide bonds. The second-order valence-electron chi connectivity index (χ2n) is 8.66. The Morgan fingerprint density at radius 3 is 2.44 bits per heavy atom. The minimum atomic E-state index is -0.980. The molecule has 0 saturated carbocycles. The molecule has 0 radical (unpaired) electrons. The summed E-state index contributed by atoms with van der Waals surface area (Å²) in [6.45, 7) is 5.81. The smallest absolute Gasteiger partial charge is 0.331 e. The summed E-state index contributed by atoms with van der Waals surface area (Å²) >= 11 is 0. The van der Waals surface area contributed by atoms with E-state index in [-0.39, 0.29) is 29.2 Å². The number of fused-ring (bicyclic) bond motifs is 1. The zero-order chi connectivity index (χ0) is 24.4. The van der Waals surface area contributed by atoms with E-state index in [0.717, 1.165) is 16.8 Å². The van der Waals surface area contributed by atoms with Gasteiger partial charge in [0, 0.05) is 29.0 Å². The monoisotopic (exact) mass is 456 g/mol. The van der Waals surface area contributed by atoms with Crippen molar-refractivity contribution in [1.82, 2.24) is 0 Å². The van der Waals surface area contributed by atoms with Gasteiger partial charge in [-0.1, -0.05) is 43.4 Å². The van der Waals surface area contributed by atoms with Crippen LogP contribution < -0.4 is 10.2 Å². The lowest BCUT2D eigenvalue weighted by Crippen LogP contribution is -2.34. The number of phenolic OH excluding ortho intramolecular Hbond substituents is 1. The van der Waals surface area contributed by atoms with Crippen LogP contribution in [0.25, 0.3) is 6.08 Å². The molecule has 2 aromatic carbocycles. The molecule has 0 bridgehead atoms. The number of phenols is 1. The lowest BCUT2D eigenvalue weighted by molar-refractivity contribution is -0.132. The first-order valence-corrected chi connectivity index (χ1v) is 11.3. The second kappa shape index (κ2) is 9.43. The van der Waals surface area contributed by atoms with Gasteiger partial charge in [-0.15, -0.1) is 0 Å². The van der Waals surface area contributed by atoms with E-state index in [1.807, 2.05) is 55.2 Å².